The average Bonchev–Trinajstić information content (AvgIpc) is 2.20. The highest BCUT2D eigenvalue weighted by molar-refractivity contribution is 7.93. The number of aliphatic hydroxyl groups excluding tert-OH is 1. The molecule has 0 aromatic rings. The quantitative estimate of drug-likeness (QED) is 0.754. The minimum Gasteiger partial charge on any atom is -0.383 e. The summed E-state index contributed by atoms with van der Waals surface area (Å²) in [6.45, 7) is 2.46. The lowest BCUT2D eigenvalue weighted by molar-refractivity contribution is -0.221. The van der Waals surface area contributed by atoms with Gasteiger partial charge in [-0.05, 0) is 20.3 Å². The summed E-state index contributed by atoms with van der Waals surface area (Å²) in [5.74, 6) is -1.57. The van der Waals surface area contributed by atoms with Crippen LogP contribution in [0.15, 0.2) is 0 Å². The monoisotopic (exact) mass is 246 g/mol. The fourth-order valence-electron chi connectivity index (χ4n) is 1.89. The Morgan fingerprint density at radius 3 is 2.13 bits per heavy atom. The van der Waals surface area contributed by atoms with Crippen LogP contribution in [0.3, 0.4) is 0 Å². The summed E-state index contributed by atoms with van der Waals surface area (Å²) < 4.78 is 58.1. The van der Waals surface area contributed by atoms with E-state index >= 15 is 0 Å². The number of rotatable bonds is 1. The highest BCUT2D eigenvalue weighted by Crippen LogP contribution is 2.43. The molecule has 0 aromatic heterocycles. The third-order valence-electron chi connectivity index (χ3n) is 3.11. The first-order valence-electron chi connectivity index (χ1n) is 4.47. The van der Waals surface area contributed by atoms with Crippen molar-refractivity contribution in [3.05, 3.63) is 0 Å². The van der Waals surface area contributed by atoms with Gasteiger partial charge in [0.15, 0.2) is 15.9 Å². The van der Waals surface area contributed by atoms with Gasteiger partial charge >= 0.3 is 6.18 Å². The van der Waals surface area contributed by atoms with Gasteiger partial charge in [0.1, 0.15) is 0 Å². The number of hydrogen-bond donors (Lipinski definition) is 1. The Kier molecular flexibility index (Phi) is 2.85. The summed E-state index contributed by atoms with van der Waals surface area (Å²) in [6.07, 6.45) is -7.47. The summed E-state index contributed by atoms with van der Waals surface area (Å²) in [6, 6.07) is 0. The van der Waals surface area contributed by atoms with Crippen molar-refractivity contribution in [2.24, 2.45) is 5.92 Å². The van der Waals surface area contributed by atoms with Crippen LogP contribution in [0.1, 0.15) is 20.3 Å². The maximum absolute atomic E-state index is 12.3. The molecular formula is C8H13F3O3S. The minimum absolute atomic E-state index is 0.143. The van der Waals surface area contributed by atoms with Gasteiger partial charge in [0.05, 0.1) is 10.5 Å². The smallest absolute Gasteiger partial charge is 0.383 e. The molecule has 7 heteroatoms. The predicted octanol–water partition coefficient (Wildman–Crippen LogP) is 1.12. The Morgan fingerprint density at radius 1 is 1.40 bits per heavy atom. The van der Waals surface area contributed by atoms with E-state index < -0.39 is 32.8 Å². The van der Waals surface area contributed by atoms with Crippen LogP contribution in [-0.2, 0) is 9.84 Å². The molecule has 2 atom stereocenters. The van der Waals surface area contributed by atoms with E-state index in [-0.39, 0.29) is 12.2 Å². The highest BCUT2D eigenvalue weighted by Gasteiger charge is 2.56. The Bertz CT molecular complexity index is 345. The van der Waals surface area contributed by atoms with Crippen molar-refractivity contribution in [2.75, 3.05) is 5.75 Å². The van der Waals surface area contributed by atoms with Gasteiger partial charge in [-0.25, -0.2) is 8.42 Å². The Morgan fingerprint density at radius 2 is 1.87 bits per heavy atom. The fraction of sp³-hybridized carbons (Fsp3) is 1.00. The maximum Gasteiger partial charge on any atom is 0.414 e. The van der Waals surface area contributed by atoms with Crippen LogP contribution in [0.4, 0.5) is 13.2 Å². The summed E-state index contributed by atoms with van der Waals surface area (Å²) in [5.41, 5.74) is 0. The van der Waals surface area contributed by atoms with Crippen LogP contribution in [-0.4, -0.2) is 36.3 Å². The second kappa shape index (κ2) is 3.35. The van der Waals surface area contributed by atoms with E-state index in [1.165, 1.54) is 13.8 Å². The SMILES string of the molecule is CC1(C)C([C@H](O)C(F)(F)F)CCS1(=O)=O. The van der Waals surface area contributed by atoms with Gasteiger partial charge in [0, 0.05) is 5.92 Å². The third kappa shape index (κ3) is 1.99. The number of sulfone groups is 1. The van der Waals surface area contributed by atoms with Crippen LogP contribution in [0.2, 0.25) is 0 Å². The van der Waals surface area contributed by atoms with Gasteiger partial charge in [-0.2, -0.15) is 13.2 Å². The predicted molar refractivity (Wildman–Crippen MR) is 48.0 cm³/mol. The Labute approximate surface area is 86.2 Å². The maximum atomic E-state index is 12.3. The molecular weight excluding hydrogens is 233 g/mol. The lowest BCUT2D eigenvalue weighted by Crippen LogP contribution is -2.46. The van der Waals surface area contributed by atoms with Gasteiger partial charge in [-0.1, -0.05) is 0 Å². The second-order valence-corrected chi connectivity index (χ2v) is 6.99. The van der Waals surface area contributed by atoms with Crippen LogP contribution in [0, 0.1) is 5.92 Å². The van der Waals surface area contributed by atoms with Gasteiger partial charge < -0.3 is 5.11 Å². The highest BCUT2D eigenvalue weighted by atomic mass is 32.2. The second-order valence-electron chi connectivity index (χ2n) is 4.30. The minimum atomic E-state index is -4.76. The standard InChI is InChI=1S/C8H13F3O3S/c1-7(2)5(3-4-15(7,13)14)6(12)8(9,10)11/h5-6,12H,3-4H2,1-2H3/t5?,6-/m0/s1. The summed E-state index contributed by atoms with van der Waals surface area (Å²) in [4.78, 5) is 0. The molecule has 0 bridgehead atoms. The molecule has 1 aliphatic rings. The van der Waals surface area contributed by atoms with Crippen LogP contribution >= 0.6 is 0 Å². The van der Waals surface area contributed by atoms with E-state index in [2.05, 4.69) is 0 Å². The van der Waals surface area contributed by atoms with E-state index in [0.717, 1.165) is 0 Å². The van der Waals surface area contributed by atoms with E-state index in [1.54, 1.807) is 0 Å². The van der Waals surface area contributed by atoms with Crippen molar-refractivity contribution in [3.8, 4) is 0 Å². The zero-order valence-corrected chi connectivity index (χ0v) is 9.19. The molecule has 1 heterocycles. The molecule has 15 heavy (non-hydrogen) atoms. The third-order valence-corrected chi connectivity index (χ3v) is 5.79. The lowest BCUT2D eigenvalue weighted by Gasteiger charge is -2.30. The molecule has 1 saturated heterocycles. The first kappa shape index (κ1) is 12.8. The van der Waals surface area contributed by atoms with Gasteiger partial charge in [-0.15, -0.1) is 0 Å². The summed E-state index contributed by atoms with van der Waals surface area (Å²) in [7, 11) is -3.54. The normalized spacial score (nSPS) is 31.5. The van der Waals surface area contributed by atoms with E-state index in [9.17, 15) is 21.6 Å². The molecule has 0 radical (unpaired) electrons. The summed E-state index contributed by atoms with van der Waals surface area (Å²) >= 11 is 0. The molecule has 1 rings (SSSR count). The van der Waals surface area contributed by atoms with Crippen molar-refractivity contribution in [1.29, 1.82) is 0 Å². The zero-order chi connectivity index (χ0) is 12.1. The lowest BCUT2D eigenvalue weighted by atomic mass is 9.87. The number of aliphatic hydroxyl groups is 1. The van der Waals surface area contributed by atoms with Crippen LogP contribution < -0.4 is 0 Å². The van der Waals surface area contributed by atoms with Crippen molar-refractivity contribution < 1.29 is 26.7 Å². The number of alkyl halides is 3. The number of halogens is 3. The van der Waals surface area contributed by atoms with Crippen molar-refractivity contribution in [1.82, 2.24) is 0 Å². The zero-order valence-electron chi connectivity index (χ0n) is 8.37. The van der Waals surface area contributed by atoms with Crippen molar-refractivity contribution in [3.63, 3.8) is 0 Å². The molecule has 0 aliphatic carbocycles. The van der Waals surface area contributed by atoms with Crippen molar-refractivity contribution >= 4 is 9.84 Å². The van der Waals surface area contributed by atoms with E-state index in [0.29, 0.717) is 0 Å². The number of hydrogen-bond acceptors (Lipinski definition) is 3. The molecule has 0 aromatic carbocycles. The largest absolute Gasteiger partial charge is 0.414 e. The topological polar surface area (TPSA) is 54.4 Å². The molecule has 1 fully saturated rings. The van der Waals surface area contributed by atoms with Gasteiger partial charge in [0.25, 0.3) is 0 Å². The molecule has 90 valence electrons. The molecule has 1 unspecified atom stereocenters. The first-order valence-corrected chi connectivity index (χ1v) is 6.12. The van der Waals surface area contributed by atoms with E-state index in [4.69, 9.17) is 5.11 Å². The van der Waals surface area contributed by atoms with Crippen LogP contribution in [0.5, 0.6) is 0 Å². The van der Waals surface area contributed by atoms with Crippen LogP contribution in [0.25, 0.3) is 0 Å². The first-order chi connectivity index (χ1) is 6.50. The Balaban J connectivity index is 3.02. The van der Waals surface area contributed by atoms with Crippen molar-refractivity contribution in [2.45, 2.75) is 37.3 Å². The molecule has 0 amide bonds. The molecule has 0 spiro atoms. The Hall–Kier alpha value is -0.300. The fourth-order valence-corrected chi connectivity index (χ4v) is 3.69. The molecule has 1 aliphatic heterocycles. The van der Waals surface area contributed by atoms with E-state index in [1.807, 2.05) is 0 Å². The summed E-state index contributed by atoms with van der Waals surface area (Å²) in [5, 5.41) is 9.06. The van der Waals surface area contributed by atoms with Gasteiger partial charge in [0.2, 0.25) is 0 Å². The average molecular weight is 246 g/mol. The molecule has 0 saturated carbocycles. The molecule has 3 nitrogen and oxygen atoms in total. The molecule has 1 N–H and O–H groups in total. The van der Waals surface area contributed by atoms with Gasteiger partial charge in [-0.3, -0.25) is 0 Å².